The number of aryl methyl sites for hydroxylation is 1. The lowest BCUT2D eigenvalue weighted by Crippen LogP contribution is -2.26. The minimum atomic E-state index is 0.557. The van der Waals surface area contributed by atoms with E-state index in [9.17, 15) is 0 Å². The smallest absolute Gasteiger partial charge is 0.146 e. The second-order valence-corrected chi connectivity index (χ2v) is 3.43. The van der Waals surface area contributed by atoms with Gasteiger partial charge in [0.2, 0.25) is 0 Å². The summed E-state index contributed by atoms with van der Waals surface area (Å²) in [6.45, 7) is 5.19. The van der Waals surface area contributed by atoms with Crippen LogP contribution in [0.1, 0.15) is 32.5 Å². The van der Waals surface area contributed by atoms with Gasteiger partial charge in [0.25, 0.3) is 0 Å². The normalized spacial score (nSPS) is 13.2. The second-order valence-electron chi connectivity index (χ2n) is 3.43. The minimum absolute atomic E-state index is 0.557. The van der Waals surface area contributed by atoms with Crippen molar-refractivity contribution in [3.63, 3.8) is 0 Å². The van der Waals surface area contributed by atoms with Crippen molar-refractivity contribution >= 4 is 0 Å². The average Bonchev–Trinajstić information content (AvgIpc) is 2.48. The molecule has 1 heterocycles. The van der Waals surface area contributed by atoms with Crippen molar-refractivity contribution in [2.75, 3.05) is 0 Å². The first kappa shape index (κ1) is 10.2. The van der Waals surface area contributed by atoms with Crippen LogP contribution >= 0.6 is 0 Å². The van der Waals surface area contributed by atoms with E-state index in [-0.39, 0.29) is 0 Å². The SMILES string of the molecule is CCCC(C)NCc1nncn1C. The largest absolute Gasteiger partial charge is 0.320 e. The zero-order chi connectivity index (χ0) is 9.68. The Kier molecular flexibility index (Phi) is 3.89. The van der Waals surface area contributed by atoms with E-state index in [0.717, 1.165) is 12.4 Å². The quantitative estimate of drug-likeness (QED) is 0.741. The molecular formula is C9H18N4. The Balaban J connectivity index is 2.30. The van der Waals surface area contributed by atoms with Crippen molar-refractivity contribution in [2.45, 2.75) is 39.3 Å². The Bertz CT molecular complexity index is 244. The summed E-state index contributed by atoms with van der Waals surface area (Å²) < 4.78 is 1.94. The average molecular weight is 182 g/mol. The first-order chi connectivity index (χ1) is 6.24. The van der Waals surface area contributed by atoms with Gasteiger partial charge >= 0.3 is 0 Å². The van der Waals surface area contributed by atoms with E-state index in [1.54, 1.807) is 6.33 Å². The van der Waals surface area contributed by atoms with Gasteiger partial charge in [0.1, 0.15) is 12.2 Å². The summed E-state index contributed by atoms with van der Waals surface area (Å²) >= 11 is 0. The number of aromatic nitrogens is 3. The summed E-state index contributed by atoms with van der Waals surface area (Å²) in [5.74, 6) is 0.989. The maximum Gasteiger partial charge on any atom is 0.146 e. The highest BCUT2D eigenvalue weighted by atomic mass is 15.3. The lowest BCUT2D eigenvalue weighted by molar-refractivity contribution is 0.493. The molecule has 4 nitrogen and oxygen atoms in total. The van der Waals surface area contributed by atoms with Gasteiger partial charge in [-0.15, -0.1) is 10.2 Å². The van der Waals surface area contributed by atoms with Gasteiger partial charge in [-0.3, -0.25) is 0 Å². The number of hydrogen-bond donors (Lipinski definition) is 1. The van der Waals surface area contributed by atoms with Crippen molar-refractivity contribution in [3.8, 4) is 0 Å². The maximum atomic E-state index is 4.00. The Hall–Kier alpha value is -0.900. The fraction of sp³-hybridized carbons (Fsp3) is 0.778. The van der Waals surface area contributed by atoms with Crippen LogP contribution < -0.4 is 5.32 Å². The Morgan fingerprint density at radius 2 is 2.38 bits per heavy atom. The van der Waals surface area contributed by atoms with Crippen LogP contribution in [0.3, 0.4) is 0 Å². The molecule has 0 amide bonds. The van der Waals surface area contributed by atoms with Gasteiger partial charge in [0.05, 0.1) is 6.54 Å². The third-order valence-electron chi connectivity index (χ3n) is 2.14. The highest BCUT2D eigenvalue weighted by Gasteiger charge is 2.03. The molecule has 1 N–H and O–H groups in total. The zero-order valence-corrected chi connectivity index (χ0v) is 8.62. The molecule has 0 aliphatic rings. The van der Waals surface area contributed by atoms with E-state index in [2.05, 4.69) is 29.4 Å². The zero-order valence-electron chi connectivity index (χ0n) is 8.62. The molecular weight excluding hydrogens is 164 g/mol. The maximum absolute atomic E-state index is 4.00. The number of rotatable bonds is 5. The van der Waals surface area contributed by atoms with E-state index < -0.39 is 0 Å². The van der Waals surface area contributed by atoms with E-state index in [1.807, 2.05) is 11.6 Å². The summed E-state index contributed by atoms with van der Waals surface area (Å²) in [5, 5.41) is 11.2. The predicted molar refractivity (Wildman–Crippen MR) is 52.2 cm³/mol. The molecule has 0 saturated carbocycles. The van der Waals surface area contributed by atoms with Crippen LogP contribution in [0.2, 0.25) is 0 Å². The fourth-order valence-electron chi connectivity index (χ4n) is 1.27. The predicted octanol–water partition coefficient (Wildman–Crippen LogP) is 1.09. The monoisotopic (exact) mass is 182 g/mol. The standard InChI is InChI=1S/C9H18N4/c1-4-5-8(2)10-6-9-12-11-7-13(9)3/h7-8,10H,4-6H2,1-3H3. The highest BCUT2D eigenvalue weighted by molar-refractivity contribution is 4.83. The summed E-state index contributed by atoms with van der Waals surface area (Å²) in [4.78, 5) is 0. The van der Waals surface area contributed by atoms with Gasteiger partial charge < -0.3 is 9.88 Å². The molecule has 0 aliphatic carbocycles. The van der Waals surface area contributed by atoms with Crippen LogP contribution in [0.4, 0.5) is 0 Å². The van der Waals surface area contributed by atoms with Gasteiger partial charge in [-0.05, 0) is 13.3 Å². The van der Waals surface area contributed by atoms with Crippen LogP contribution in [0.15, 0.2) is 6.33 Å². The second kappa shape index (κ2) is 4.97. The van der Waals surface area contributed by atoms with Gasteiger partial charge in [-0.2, -0.15) is 0 Å². The lowest BCUT2D eigenvalue weighted by Gasteiger charge is -2.11. The molecule has 0 aromatic carbocycles. The van der Waals surface area contributed by atoms with Gasteiger partial charge in [0, 0.05) is 13.1 Å². The van der Waals surface area contributed by atoms with E-state index in [1.165, 1.54) is 12.8 Å². The summed E-state index contributed by atoms with van der Waals surface area (Å²) in [5.41, 5.74) is 0. The van der Waals surface area contributed by atoms with Gasteiger partial charge in [-0.1, -0.05) is 13.3 Å². The van der Waals surface area contributed by atoms with Crippen molar-refractivity contribution in [1.82, 2.24) is 20.1 Å². The van der Waals surface area contributed by atoms with E-state index >= 15 is 0 Å². The third kappa shape index (κ3) is 3.14. The van der Waals surface area contributed by atoms with Crippen molar-refractivity contribution < 1.29 is 0 Å². The summed E-state index contributed by atoms with van der Waals surface area (Å²) in [6.07, 6.45) is 4.15. The van der Waals surface area contributed by atoms with Crippen LogP contribution in [0.5, 0.6) is 0 Å². The Labute approximate surface area is 79.4 Å². The molecule has 0 aliphatic heterocycles. The van der Waals surface area contributed by atoms with Crippen molar-refractivity contribution in [1.29, 1.82) is 0 Å². The van der Waals surface area contributed by atoms with Crippen LogP contribution in [0.25, 0.3) is 0 Å². The third-order valence-corrected chi connectivity index (χ3v) is 2.14. The van der Waals surface area contributed by atoms with E-state index in [0.29, 0.717) is 6.04 Å². The summed E-state index contributed by atoms with van der Waals surface area (Å²) in [6, 6.07) is 0.557. The molecule has 0 radical (unpaired) electrons. The molecule has 1 rings (SSSR count). The minimum Gasteiger partial charge on any atom is -0.320 e. The molecule has 1 aromatic heterocycles. The Morgan fingerprint density at radius 1 is 1.62 bits per heavy atom. The first-order valence-corrected chi connectivity index (χ1v) is 4.80. The Morgan fingerprint density at radius 3 is 2.92 bits per heavy atom. The molecule has 1 atom stereocenters. The van der Waals surface area contributed by atoms with Gasteiger partial charge in [-0.25, -0.2) is 0 Å². The van der Waals surface area contributed by atoms with Gasteiger partial charge in [0.15, 0.2) is 0 Å². The highest BCUT2D eigenvalue weighted by Crippen LogP contribution is 1.97. The molecule has 0 saturated heterocycles. The first-order valence-electron chi connectivity index (χ1n) is 4.80. The van der Waals surface area contributed by atoms with Crippen LogP contribution in [-0.4, -0.2) is 20.8 Å². The molecule has 4 heteroatoms. The topological polar surface area (TPSA) is 42.7 Å². The molecule has 1 unspecified atom stereocenters. The van der Waals surface area contributed by atoms with Crippen LogP contribution in [0, 0.1) is 0 Å². The molecule has 13 heavy (non-hydrogen) atoms. The van der Waals surface area contributed by atoms with Crippen molar-refractivity contribution in [3.05, 3.63) is 12.2 Å². The molecule has 1 aromatic rings. The molecule has 0 spiro atoms. The molecule has 0 fully saturated rings. The fourth-order valence-corrected chi connectivity index (χ4v) is 1.27. The molecule has 0 bridgehead atoms. The lowest BCUT2D eigenvalue weighted by atomic mass is 10.2. The number of hydrogen-bond acceptors (Lipinski definition) is 3. The van der Waals surface area contributed by atoms with E-state index in [4.69, 9.17) is 0 Å². The van der Waals surface area contributed by atoms with Crippen molar-refractivity contribution in [2.24, 2.45) is 7.05 Å². The summed E-state index contributed by atoms with van der Waals surface area (Å²) in [7, 11) is 1.96. The molecule has 74 valence electrons. The number of nitrogens with one attached hydrogen (secondary N) is 1. The van der Waals surface area contributed by atoms with Crippen LogP contribution in [-0.2, 0) is 13.6 Å². The number of nitrogens with zero attached hydrogens (tertiary/aromatic N) is 3.